The van der Waals surface area contributed by atoms with Crippen LogP contribution >= 0.6 is 0 Å². The molecular formula is C21H23N3O3S. The first-order valence-electron chi connectivity index (χ1n) is 8.96. The van der Waals surface area contributed by atoms with E-state index in [0.717, 1.165) is 40.9 Å². The predicted molar refractivity (Wildman–Crippen MR) is 112 cm³/mol. The summed E-state index contributed by atoms with van der Waals surface area (Å²) in [4.78, 5) is 0. The van der Waals surface area contributed by atoms with Gasteiger partial charge in [-0.05, 0) is 36.2 Å². The molecule has 0 aliphatic carbocycles. The van der Waals surface area contributed by atoms with E-state index in [-0.39, 0.29) is 0 Å². The zero-order valence-corrected chi connectivity index (χ0v) is 17.2. The number of benzene rings is 2. The van der Waals surface area contributed by atoms with Crippen molar-refractivity contribution in [2.45, 2.75) is 19.9 Å². The predicted octanol–water partition coefficient (Wildman–Crippen LogP) is 3.99. The summed E-state index contributed by atoms with van der Waals surface area (Å²) in [6, 6.07) is 15.3. The van der Waals surface area contributed by atoms with Crippen LogP contribution in [0.1, 0.15) is 18.9 Å². The lowest BCUT2D eigenvalue weighted by molar-refractivity contribution is 0.415. The fourth-order valence-corrected chi connectivity index (χ4v) is 3.85. The van der Waals surface area contributed by atoms with Gasteiger partial charge < -0.3 is 9.30 Å². The van der Waals surface area contributed by atoms with E-state index in [2.05, 4.69) is 17.6 Å². The maximum absolute atomic E-state index is 11.8. The highest BCUT2D eigenvalue weighted by molar-refractivity contribution is 7.92. The number of anilines is 1. The molecule has 2 aromatic carbocycles. The Balaban J connectivity index is 2.22. The van der Waals surface area contributed by atoms with Crippen LogP contribution in [-0.4, -0.2) is 33.4 Å². The molecule has 0 fully saturated rings. The molecule has 0 unspecified atom stereocenters. The summed E-state index contributed by atoms with van der Waals surface area (Å²) in [6.07, 6.45) is 2.08. The standard InChI is InChI=1S/C21H23N3O3S/c1-5-12-24-20-13-17(27-3)10-11-18(20)19(14-22)21(24)15-6-8-16(9-7-15)23(2)28(4,25)26/h6-11,13H,5,12H2,1-4H3. The molecule has 0 saturated heterocycles. The third-order valence-electron chi connectivity index (χ3n) is 4.83. The van der Waals surface area contributed by atoms with Gasteiger partial charge in [0.05, 0.1) is 35.8 Å². The van der Waals surface area contributed by atoms with Crippen molar-refractivity contribution in [3.63, 3.8) is 0 Å². The Labute approximate surface area is 165 Å². The number of nitrogens with zero attached hydrogens (tertiary/aromatic N) is 3. The molecular weight excluding hydrogens is 374 g/mol. The number of hydrogen-bond acceptors (Lipinski definition) is 4. The SMILES string of the molecule is CCCn1c(-c2ccc(N(C)S(C)(=O)=O)cc2)c(C#N)c2ccc(OC)cc21. The van der Waals surface area contributed by atoms with Crippen LogP contribution in [0.4, 0.5) is 5.69 Å². The van der Waals surface area contributed by atoms with Crippen molar-refractivity contribution in [2.75, 3.05) is 24.7 Å². The number of methoxy groups -OCH3 is 1. The molecule has 0 aliphatic rings. The van der Waals surface area contributed by atoms with Crippen LogP contribution in [0, 0.1) is 11.3 Å². The number of ether oxygens (including phenoxy) is 1. The highest BCUT2D eigenvalue weighted by Crippen LogP contribution is 2.36. The van der Waals surface area contributed by atoms with Crippen LogP contribution in [0.15, 0.2) is 42.5 Å². The summed E-state index contributed by atoms with van der Waals surface area (Å²) < 4.78 is 32.3. The normalized spacial score (nSPS) is 11.4. The number of rotatable bonds is 6. The minimum atomic E-state index is -3.33. The van der Waals surface area contributed by atoms with Crippen molar-refractivity contribution in [1.82, 2.24) is 4.57 Å². The second-order valence-corrected chi connectivity index (χ2v) is 8.66. The first-order chi connectivity index (χ1) is 13.3. The zero-order valence-electron chi connectivity index (χ0n) is 16.4. The van der Waals surface area contributed by atoms with E-state index in [4.69, 9.17) is 4.74 Å². The van der Waals surface area contributed by atoms with Crippen molar-refractivity contribution >= 4 is 26.6 Å². The lowest BCUT2D eigenvalue weighted by Gasteiger charge is -2.17. The number of aryl methyl sites for hydroxylation is 1. The van der Waals surface area contributed by atoms with Gasteiger partial charge in [0.25, 0.3) is 0 Å². The average molecular weight is 398 g/mol. The molecule has 0 saturated carbocycles. The van der Waals surface area contributed by atoms with Crippen molar-refractivity contribution in [2.24, 2.45) is 0 Å². The number of fused-ring (bicyclic) bond motifs is 1. The number of sulfonamides is 1. The molecule has 146 valence electrons. The largest absolute Gasteiger partial charge is 0.497 e. The van der Waals surface area contributed by atoms with Gasteiger partial charge >= 0.3 is 0 Å². The maximum Gasteiger partial charge on any atom is 0.231 e. The second kappa shape index (κ2) is 7.56. The average Bonchev–Trinajstić information content (AvgIpc) is 2.99. The van der Waals surface area contributed by atoms with Crippen molar-refractivity contribution in [3.05, 3.63) is 48.0 Å². The summed E-state index contributed by atoms with van der Waals surface area (Å²) in [5, 5.41) is 10.7. The van der Waals surface area contributed by atoms with Crippen LogP contribution in [0.2, 0.25) is 0 Å². The second-order valence-electron chi connectivity index (χ2n) is 6.65. The molecule has 1 aromatic heterocycles. The van der Waals surface area contributed by atoms with Gasteiger partial charge in [-0.25, -0.2) is 8.42 Å². The first-order valence-corrected chi connectivity index (χ1v) is 10.8. The number of aromatic nitrogens is 1. The summed E-state index contributed by atoms with van der Waals surface area (Å²) in [5.41, 5.74) is 3.83. The molecule has 1 heterocycles. The number of hydrogen-bond donors (Lipinski definition) is 0. The highest BCUT2D eigenvalue weighted by Gasteiger charge is 2.19. The molecule has 3 aromatic rings. The van der Waals surface area contributed by atoms with E-state index in [0.29, 0.717) is 11.3 Å². The Morgan fingerprint density at radius 1 is 1.18 bits per heavy atom. The highest BCUT2D eigenvalue weighted by atomic mass is 32.2. The molecule has 0 aliphatic heterocycles. The molecule has 0 atom stereocenters. The third kappa shape index (κ3) is 3.43. The quantitative estimate of drug-likeness (QED) is 0.630. The molecule has 0 spiro atoms. The summed E-state index contributed by atoms with van der Waals surface area (Å²) in [5.74, 6) is 0.739. The Kier molecular flexibility index (Phi) is 5.34. The monoisotopic (exact) mass is 397 g/mol. The van der Waals surface area contributed by atoms with E-state index in [1.807, 2.05) is 30.3 Å². The van der Waals surface area contributed by atoms with E-state index < -0.39 is 10.0 Å². The molecule has 0 amide bonds. The van der Waals surface area contributed by atoms with Crippen LogP contribution in [0.25, 0.3) is 22.2 Å². The first kappa shape index (κ1) is 19.8. The topological polar surface area (TPSA) is 75.3 Å². The minimum Gasteiger partial charge on any atom is -0.497 e. The Morgan fingerprint density at radius 3 is 2.39 bits per heavy atom. The molecule has 28 heavy (non-hydrogen) atoms. The fourth-order valence-electron chi connectivity index (χ4n) is 3.35. The van der Waals surface area contributed by atoms with Crippen LogP contribution < -0.4 is 9.04 Å². The van der Waals surface area contributed by atoms with Crippen LogP contribution in [-0.2, 0) is 16.6 Å². The molecule has 6 nitrogen and oxygen atoms in total. The van der Waals surface area contributed by atoms with E-state index in [1.54, 1.807) is 19.2 Å². The van der Waals surface area contributed by atoms with Crippen molar-refractivity contribution in [1.29, 1.82) is 5.26 Å². The third-order valence-corrected chi connectivity index (χ3v) is 6.04. The van der Waals surface area contributed by atoms with Crippen molar-refractivity contribution < 1.29 is 13.2 Å². The van der Waals surface area contributed by atoms with E-state index in [1.165, 1.54) is 17.6 Å². The molecule has 3 rings (SSSR count). The van der Waals surface area contributed by atoms with Gasteiger partial charge in [0.1, 0.15) is 11.8 Å². The Hall–Kier alpha value is -2.98. The van der Waals surface area contributed by atoms with Crippen LogP contribution in [0.3, 0.4) is 0 Å². The van der Waals surface area contributed by atoms with Crippen molar-refractivity contribution in [3.8, 4) is 23.1 Å². The van der Waals surface area contributed by atoms with Gasteiger partial charge in [-0.15, -0.1) is 0 Å². The van der Waals surface area contributed by atoms with E-state index >= 15 is 0 Å². The van der Waals surface area contributed by atoms with Gasteiger partial charge in [-0.3, -0.25) is 4.31 Å². The fraction of sp³-hybridized carbons (Fsp3) is 0.286. The van der Waals surface area contributed by atoms with Gasteiger partial charge in [0.2, 0.25) is 10.0 Å². The summed E-state index contributed by atoms with van der Waals surface area (Å²) in [7, 11) is -0.188. The summed E-state index contributed by atoms with van der Waals surface area (Å²) in [6.45, 7) is 2.84. The van der Waals surface area contributed by atoms with Gasteiger partial charge in [0, 0.05) is 25.0 Å². The van der Waals surface area contributed by atoms with Gasteiger partial charge in [-0.1, -0.05) is 19.1 Å². The zero-order chi connectivity index (χ0) is 20.5. The lowest BCUT2D eigenvalue weighted by atomic mass is 10.1. The smallest absolute Gasteiger partial charge is 0.231 e. The number of nitriles is 1. The molecule has 7 heteroatoms. The minimum absolute atomic E-state index is 0.574. The lowest BCUT2D eigenvalue weighted by Crippen LogP contribution is -2.24. The van der Waals surface area contributed by atoms with Gasteiger partial charge in [0.15, 0.2) is 0 Å². The maximum atomic E-state index is 11.8. The van der Waals surface area contributed by atoms with E-state index in [9.17, 15) is 13.7 Å². The Morgan fingerprint density at radius 2 is 1.86 bits per heavy atom. The molecule has 0 radical (unpaired) electrons. The molecule has 0 N–H and O–H groups in total. The summed E-state index contributed by atoms with van der Waals surface area (Å²) >= 11 is 0. The van der Waals surface area contributed by atoms with Gasteiger partial charge in [-0.2, -0.15) is 5.26 Å². The Bertz CT molecular complexity index is 1160. The van der Waals surface area contributed by atoms with Crippen LogP contribution in [0.5, 0.6) is 5.75 Å². The molecule has 0 bridgehead atoms.